The third-order valence-corrected chi connectivity index (χ3v) is 6.42. The van der Waals surface area contributed by atoms with Crippen molar-refractivity contribution in [1.29, 1.82) is 0 Å². The number of halogens is 1. The number of benzene rings is 4. The molecule has 1 unspecified atom stereocenters. The first-order valence-electron chi connectivity index (χ1n) is 10.6. The van der Waals surface area contributed by atoms with E-state index in [4.69, 9.17) is 9.73 Å². The van der Waals surface area contributed by atoms with Crippen molar-refractivity contribution in [2.45, 2.75) is 12.8 Å². The molecule has 1 heterocycles. The van der Waals surface area contributed by atoms with Crippen molar-refractivity contribution in [3.63, 3.8) is 0 Å². The fourth-order valence-corrected chi connectivity index (χ4v) is 4.56. The topological polar surface area (TPSA) is 21.6 Å². The Morgan fingerprint density at radius 3 is 2.19 bits per heavy atom. The summed E-state index contributed by atoms with van der Waals surface area (Å²) in [5.41, 5.74) is 6.61. The first-order chi connectivity index (χ1) is 15.7. The molecule has 0 saturated carbocycles. The molecule has 4 aromatic rings. The van der Waals surface area contributed by atoms with E-state index in [0.29, 0.717) is 0 Å². The van der Waals surface area contributed by atoms with E-state index >= 15 is 0 Å². The largest absolute Gasteiger partial charge is 0.456 e. The standard InChI is InChI=1S/C29H22BrNO/c1-20-11-5-6-14-22(20)28-23-15-7-10-18-27(23)32-29(21-12-3-2-4-13-21)24(28)19-31-26-17-9-8-16-25(26)30/h2-19,28H,1H3. The highest BCUT2D eigenvalue weighted by molar-refractivity contribution is 9.10. The smallest absolute Gasteiger partial charge is 0.140 e. The minimum atomic E-state index is 0.0163. The SMILES string of the molecule is Cc1ccccc1C1C(C=Nc2ccccc2Br)=C(c2ccccc2)Oc2ccccc21. The van der Waals surface area contributed by atoms with Gasteiger partial charge in [0.1, 0.15) is 11.5 Å². The number of nitrogens with zero attached hydrogens (tertiary/aromatic N) is 1. The lowest BCUT2D eigenvalue weighted by Crippen LogP contribution is -2.18. The summed E-state index contributed by atoms with van der Waals surface area (Å²) in [6.07, 6.45) is 1.97. The molecule has 0 saturated heterocycles. The summed E-state index contributed by atoms with van der Waals surface area (Å²) in [7, 11) is 0. The van der Waals surface area contributed by atoms with E-state index < -0.39 is 0 Å². The van der Waals surface area contributed by atoms with Gasteiger partial charge in [-0.1, -0.05) is 84.9 Å². The van der Waals surface area contributed by atoms with Gasteiger partial charge in [-0.3, -0.25) is 4.99 Å². The highest BCUT2D eigenvalue weighted by atomic mass is 79.9. The van der Waals surface area contributed by atoms with Crippen molar-refractivity contribution >= 4 is 33.6 Å². The number of para-hydroxylation sites is 2. The van der Waals surface area contributed by atoms with Crippen molar-refractivity contribution in [2.24, 2.45) is 4.99 Å². The maximum Gasteiger partial charge on any atom is 0.140 e. The van der Waals surface area contributed by atoms with Gasteiger partial charge in [0.05, 0.1) is 5.69 Å². The number of allylic oxidation sites excluding steroid dienone is 1. The Balaban J connectivity index is 1.76. The van der Waals surface area contributed by atoms with Crippen LogP contribution >= 0.6 is 15.9 Å². The third kappa shape index (κ3) is 3.92. The minimum absolute atomic E-state index is 0.0163. The highest BCUT2D eigenvalue weighted by Crippen LogP contribution is 2.46. The summed E-state index contributed by atoms with van der Waals surface area (Å²) in [4.78, 5) is 4.87. The van der Waals surface area contributed by atoms with Crippen molar-refractivity contribution in [3.8, 4) is 5.75 Å². The second-order valence-corrected chi connectivity index (χ2v) is 8.64. The van der Waals surface area contributed by atoms with Gasteiger partial charge < -0.3 is 4.74 Å². The van der Waals surface area contributed by atoms with Crippen molar-refractivity contribution in [2.75, 3.05) is 0 Å². The zero-order valence-corrected chi connectivity index (χ0v) is 19.3. The van der Waals surface area contributed by atoms with Crippen LogP contribution in [0.1, 0.15) is 28.2 Å². The van der Waals surface area contributed by atoms with E-state index in [-0.39, 0.29) is 5.92 Å². The van der Waals surface area contributed by atoms with Gasteiger partial charge in [-0.2, -0.15) is 0 Å². The van der Waals surface area contributed by atoms with Crippen molar-refractivity contribution < 1.29 is 4.74 Å². The maximum atomic E-state index is 6.52. The lowest BCUT2D eigenvalue weighted by atomic mass is 9.80. The average Bonchev–Trinajstić information content (AvgIpc) is 2.84. The van der Waals surface area contributed by atoms with Gasteiger partial charge in [0, 0.05) is 33.3 Å². The molecule has 156 valence electrons. The number of rotatable bonds is 4. The number of ether oxygens (including phenoxy) is 1. The van der Waals surface area contributed by atoms with Crippen LogP contribution in [0.4, 0.5) is 5.69 Å². The molecule has 0 aromatic heterocycles. The maximum absolute atomic E-state index is 6.52. The predicted octanol–water partition coefficient (Wildman–Crippen LogP) is 8.10. The average molecular weight is 480 g/mol. The number of hydrogen-bond donors (Lipinski definition) is 0. The Bertz CT molecular complexity index is 1320. The van der Waals surface area contributed by atoms with E-state index in [0.717, 1.165) is 38.4 Å². The number of aliphatic imine (C=N–C) groups is 1. The molecule has 4 aromatic carbocycles. The fraction of sp³-hybridized carbons (Fsp3) is 0.0690. The van der Waals surface area contributed by atoms with Gasteiger partial charge >= 0.3 is 0 Å². The molecular weight excluding hydrogens is 458 g/mol. The molecular formula is C29H22BrNO. The van der Waals surface area contributed by atoms with Crippen molar-refractivity contribution in [3.05, 3.63) is 135 Å². The van der Waals surface area contributed by atoms with Gasteiger partial charge in [-0.25, -0.2) is 0 Å². The van der Waals surface area contributed by atoms with E-state index in [2.05, 4.69) is 71.4 Å². The Morgan fingerprint density at radius 1 is 0.750 bits per heavy atom. The molecule has 5 rings (SSSR count). The summed E-state index contributed by atoms with van der Waals surface area (Å²) >= 11 is 3.62. The summed E-state index contributed by atoms with van der Waals surface area (Å²) < 4.78 is 7.48. The van der Waals surface area contributed by atoms with Gasteiger partial charge in [-0.05, 0) is 52.2 Å². The number of hydrogen-bond acceptors (Lipinski definition) is 2. The van der Waals surface area contributed by atoms with Gasteiger partial charge in [0.25, 0.3) is 0 Å². The Hall–Kier alpha value is -3.43. The first-order valence-corrected chi connectivity index (χ1v) is 11.4. The zero-order chi connectivity index (χ0) is 21.9. The molecule has 0 bridgehead atoms. The number of fused-ring (bicyclic) bond motifs is 1. The van der Waals surface area contributed by atoms with Crippen LogP contribution in [0, 0.1) is 6.92 Å². The fourth-order valence-electron chi connectivity index (χ4n) is 4.17. The molecule has 0 amide bonds. The Kier molecular flexibility index (Phi) is 5.74. The second-order valence-electron chi connectivity index (χ2n) is 7.79. The highest BCUT2D eigenvalue weighted by Gasteiger charge is 2.31. The molecule has 32 heavy (non-hydrogen) atoms. The van der Waals surface area contributed by atoms with E-state index in [1.165, 1.54) is 11.1 Å². The van der Waals surface area contributed by atoms with Crippen LogP contribution in [0.2, 0.25) is 0 Å². The van der Waals surface area contributed by atoms with E-state index in [9.17, 15) is 0 Å². The van der Waals surface area contributed by atoms with Crippen LogP contribution < -0.4 is 4.74 Å². The second kappa shape index (κ2) is 8.97. The molecule has 1 atom stereocenters. The molecule has 0 radical (unpaired) electrons. The van der Waals surface area contributed by atoms with Crippen LogP contribution in [0.3, 0.4) is 0 Å². The van der Waals surface area contributed by atoms with Gasteiger partial charge in [0.15, 0.2) is 0 Å². The molecule has 0 spiro atoms. The summed E-state index contributed by atoms with van der Waals surface area (Å²) in [5.74, 6) is 1.74. The molecule has 0 aliphatic carbocycles. The first kappa shape index (κ1) is 20.5. The Morgan fingerprint density at radius 2 is 1.41 bits per heavy atom. The van der Waals surface area contributed by atoms with Gasteiger partial charge in [-0.15, -0.1) is 0 Å². The summed E-state index contributed by atoms with van der Waals surface area (Å²) in [5, 5.41) is 0. The zero-order valence-electron chi connectivity index (χ0n) is 17.7. The normalized spacial score (nSPS) is 15.5. The van der Waals surface area contributed by atoms with Crippen molar-refractivity contribution in [1.82, 2.24) is 0 Å². The molecule has 3 heteroatoms. The van der Waals surface area contributed by atoms with Crippen LogP contribution in [0.15, 0.2) is 118 Å². The van der Waals surface area contributed by atoms with E-state index in [1.807, 2.05) is 60.8 Å². The quantitative estimate of drug-likeness (QED) is 0.271. The number of aryl methyl sites for hydroxylation is 1. The molecule has 0 fully saturated rings. The third-order valence-electron chi connectivity index (χ3n) is 5.75. The lowest BCUT2D eigenvalue weighted by molar-refractivity contribution is 0.489. The molecule has 1 aliphatic rings. The predicted molar refractivity (Wildman–Crippen MR) is 136 cm³/mol. The van der Waals surface area contributed by atoms with Gasteiger partial charge in [0.2, 0.25) is 0 Å². The van der Waals surface area contributed by atoms with Crippen LogP contribution in [-0.2, 0) is 0 Å². The lowest BCUT2D eigenvalue weighted by Gasteiger charge is -2.30. The summed E-state index contributed by atoms with van der Waals surface area (Å²) in [6.45, 7) is 2.16. The molecule has 2 nitrogen and oxygen atoms in total. The molecule has 1 aliphatic heterocycles. The van der Waals surface area contributed by atoms with Crippen LogP contribution in [0.25, 0.3) is 5.76 Å². The van der Waals surface area contributed by atoms with Crippen LogP contribution in [-0.4, -0.2) is 6.21 Å². The summed E-state index contributed by atoms with van der Waals surface area (Å²) in [6, 6.07) is 35.1. The van der Waals surface area contributed by atoms with E-state index in [1.54, 1.807) is 0 Å². The minimum Gasteiger partial charge on any atom is -0.456 e. The Labute approximate surface area is 197 Å². The molecule has 0 N–H and O–H groups in total. The van der Waals surface area contributed by atoms with Crippen LogP contribution in [0.5, 0.6) is 5.75 Å². The monoisotopic (exact) mass is 479 g/mol.